The van der Waals surface area contributed by atoms with E-state index in [-0.39, 0.29) is 81.9 Å². The van der Waals surface area contributed by atoms with E-state index < -0.39 is 19.3 Å². The molecule has 0 fully saturated rings. The Hall–Kier alpha value is -3.19. The van der Waals surface area contributed by atoms with E-state index in [0.29, 0.717) is 19.4 Å². The van der Waals surface area contributed by atoms with Crippen molar-refractivity contribution in [3.8, 4) is 0 Å². The predicted molar refractivity (Wildman–Crippen MR) is 134 cm³/mol. The topological polar surface area (TPSA) is 200 Å². The van der Waals surface area contributed by atoms with E-state index >= 15 is 0 Å². The molecule has 15 heteroatoms. The van der Waals surface area contributed by atoms with Crippen LogP contribution < -0.4 is 26.5 Å². The minimum absolute atomic E-state index is 0.0160. The monoisotopic (exact) mass is 539 g/mol. The van der Waals surface area contributed by atoms with Crippen LogP contribution >= 0.6 is 7.44 Å². The van der Waals surface area contributed by atoms with Crippen LogP contribution in [0.3, 0.4) is 0 Å². The lowest BCUT2D eigenvalue weighted by molar-refractivity contribution is -0.138. The summed E-state index contributed by atoms with van der Waals surface area (Å²) < 4.78 is 13.1. The summed E-state index contributed by atoms with van der Waals surface area (Å²) in [5.74, 6) is -2.28. The normalized spacial score (nSPS) is 16.6. The lowest BCUT2D eigenvalue weighted by atomic mass is 10.3. The SMILES string of the molecule is NCCCP(=O)(NCCNC(=O)CCCN1C(=O)C=CC1=O)NCCNC(=O)CCN1C(=O)C=CC1=O. The van der Waals surface area contributed by atoms with E-state index in [1.54, 1.807) is 0 Å². The largest absolute Gasteiger partial charge is 0.355 e. The second kappa shape index (κ2) is 15.2. The number of carbonyl (C=O) groups excluding carboxylic acids is 6. The van der Waals surface area contributed by atoms with Crippen molar-refractivity contribution in [3.63, 3.8) is 0 Å². The smallest absolute Gasteiger partial charge is 0.253 e. The Bertz CT molecular complexity index is 962. The quantitative estimate of drug-likeness (QED) is 0.0734. The van der Waals surface area contributed by atoms with E-state index in [9.17, 15) is 33.3 Å². The number of nitrogens with one attached hydrogen (secondary N) is 4. The van der Waals surface area contributed by atoms with Crippen molar-refractivity contribution in [2.75, 3.05) is 52.0 Å². The van der Waals surface area contributed by atoms with Crippen molar-refractivity contribution in [3.05, 3.63) is 24.3 Å². The maximum Gasteiger partial charge on any atom is 0.253 e. The minimum Gasteiger partial charge on any atom is -0.355 e. The molecule has 0 saturated carbocycles. The fourth-order valence-corrected chi connectivity index (χ4v) is 5.50. The van der Waals surface area contributed by atoms with Gasteiger partial charge < -0.3 is 16.4 Å². The molecule has 204 valence electrons. The van der Waals surface area contributed by atoms with E-state index in [2.05, 4.69) is 20.8 Å². The van der Waals surface area contributed by atoms with E-state index in [1.165, 1.54) is 12.2 Å². The van der Waals surface area contributed by atoms with Crippen molar-refractivity contribution >= 4 is 42.9 Å². The summed E-state index contributed by atoms with van der Waals surface area (Å²) in [5.41, 5.74) is 5.54. The van der Waals surface area contributed by atoms with Crippen LogP contribution in [-0.4, -0.2) is 97.2 Å². The highest BCUT2D eigenvalue weighted by atomic mass is 31.2. The standard InChI is InChI=1S/C22H34N7O7P/c23-9-2-16-37(36,27-13-11-25-18(31)8-15-29-21(34)6-7-22(29)35)26-12-10-24-17(30)3-1-14-28-19(32)4-5-20(28)33/h4-7H,1-3,8-16,23H2,(H,24,30)(H,25,31)(H2,26,27,36). The average molecular weight is 540 g/mol. The van der Waals surface area contributed by atoms with Crippen molar-refractivity contribution in [1.29, 1.82) is 0 Å². The second-order valence-corrected chi connectivity index (χ2v) is 10.9. The van der Waals surface area contributed by atoms with E-state index in [1.807, 2.05) is 0 Å². The van der Waals surface area contributed by atoms with Gasteiger partial charge in [0.2, 0.25) is 19.3 Å². The maximum atomic E-state index is 13.1. The molecular weight excluding hydrogens is 505 g/mol. The fraction of sp³-hybridized carbons (Fsp3) is 0.545. The molecule has 0 aromatic carbocycles. The van der Waals surface area contributed by atoms with E-state index in [4.69, 9.17) is 5.73 Å². The minimum atomic E-state index is -3.03. The van der Waals surface area contributed by atoms with Crippen LogP contribution in [0.1, 0.15) is 25.7 Å². The van der Waals surface area contributed by atoms with Gasteiger partial charge in [0.1, 0.15) is 0 Å². The van der Waals surface area contributed by atoms with Gasteiger partial charge in [0.05, 0.1) is 0 Å². The molecule has 6 amide bonds. The average Bonchev–Trinajstić information content (AvgIpc) is 3.36. The van der Waals surface area contributed by atoms with Gasteiger partial charge in [-0.3, -0.25) is 53.3 Å². The van der Waals surface area contributed by atoms with Gasteiger partial charge in [-0.25, -0.2) is 0 Å². The number of rotatable bonds is 18. The first-order valence-electron chi connectivity index (χ1n) is 12.0. The molecule has 2 heterocycles. The van der Waals surface area contributed by atoms with Crippen molar-refractivity contribution in [2.45, 2.75) is 25.7 Å². The fourth-order valence-electron chi connectivity index (χ4n) is 3.50. The van der Waals surface area contributed by atoms with Gasteiger partial charge in [-0.1, -0.05) is 0 Å². The zero-order valence-electron chi connectivity index (χ0n) is 20.6. The molecule has 14 nitrogen and oxygen atoms in total. The van der Waals surface area contributed by atoms with Gasteiger partial charge in [-0.15, -0.1) is 0 Å². The third-order valence-electron chi connectivity index (χ3n) is 5.46. The molecule has 37 heavy (non-hydrogen) atoms. The molecule has 2 aliphatic rings. The first-order chi connectivity index (χ1) is 17.6. The summed E-state index contributed by atoms with van der Waals surface area (Å²) in [6.45, 7) is 1.33. The van der Waals surface area contributed by atoms with Crippen LogP contribution in [0.15, 0.2) is 24.3 Å². The van der Waals surface area contributed by atoms with Crippen LogP contribution in [0.4, 0.5) is 0 Å². The highest BCUT2D eigenvalue weighted by molar-refractivity contribution is 7.59. The summed E-state index contributed by atoms with van der Waals surface area (Å²) in [5, 5.41) is 11.2. The van der Waals surface area contributed by atoms with Gasteiger partial charge in [-0.2, -0.15) is 0 Å². The molecule has 2 aliphatic heterocycles. The Labute approximate surface area is 214 Å². The van der Waals surface area contributed by atoms with Crippen LogP contribution in [-0.2, 0) is 33.3 Å². The molecular formula is C22H34N7O7P. The number of imide groups is 2. The van der Waals surface area contributed by atoms with Crippen molar-refractivity contribution < 1.29 is 33.3 Å². The number of hydrogen-bond acceptors (Lipinski definition) is 8. The van der Waals surface area contributed by atoms with Crippen LogP contribution in [0.5, 0.6) is 0 Å². The third-order valence-corrected chi connectivity index (χ3v) is 7.87. The van der Waals surface area contributed by atoms with Crippen LogP contribution in [0.2, 0.25) is 0 Å². The van der Waals surface area contributed by atoms with E-state index in [0.717, 1.165) is 22.0 Å². The Balaban J connectivity index is 1.61. The first-order valence-corrected chi connectivity index (χ1v) is 13.9. The molecule has 6 N–H and O–H groups in total. The molecule has 0 bridgehead atoms. The van der Waals surface area contributed by atoms with Crippen molar-refractivity contribution in [1.82, 2.24) is 30.6 Å². The van der Waals surface area contributed by atoms with Crippen molar-refractivity contribution in [2.24, 2.45) is 5.73 Å². The molecule has 2 rings (SSSR count). The molecule has 0 radical (unpaired) electrons. The molecule has 0 aromatic heterocycles. The number of amides is 6. The summed E-state index contributed by atoms with van der Waals surface area (Å²) >= 11 is 0. The highest BCUT2D eigenvalue weighted by Crippen LogP contribution is 2.35. The predicted octanol–water partition coefficient (Wildman–Crippen LogP) is -2.04. The molecule has 0 spiro atoms. The highest BCUT2D eigenvalue weighted by Gasteiger charge is 2.24. The summed E-state index contributed by atoms with van der Waals surface area (Å²) in [6.07, 6.45) is 5.91. The van der Waals surface area contributed by atoms with Crippen LogP contribution in [0.25, 0.3) is 0 Å². The number of carbonyl (C=O) groups is 6. The zero-order chi connectivity index (χ0) is 27.3. The van der Waals surface area contributed by atoms with Gasteiger partial charge in [0, 0.05) is 82.6 Å². The number of nitrogens with two attached hydrogens (primary N) is 1. The Kier molecular flexibility index (Phi) is 12.3. The molecule has 1 atom stereocenters. The summed E-state index contributed by atoms with van der Waals surface area (Å²) in [4.78, 5) is 72.0. The van der Waals surface area contributed by atoms with Gasteiger partial charge in [-0.05, 0) is 19.4 Å². The van der Waals surface area contributed by atoms with Gasteiger partial charge in [0.15, 0.2) is 0 Å². The summed E-state index contributed by atoms with van der Waals surface area (Å²) in [6, 6.07) is 0. The summed E-state index contributed by atoms with van der Waals surface area (Å²) in [7, 11) is -3.03. The van der Waals surface area contributed by atoms with Gasteiger partial charge in [0.25, 0.3) is 23.6 Å². The number of nitrogens with zero attached hydrogens (tertiary/aromatic N) is 2. The van der Waals surface area contributed by atoms with Crippen LogP contribution in [0, 0.1) is 0 Å². The Morgan fingerprint density at radius 2 is 1.16 bits per heavy atom. The molecule has 0 saturated heterocycles. The number of hydrogen-bond donors (Lipinski definition) is 5. The molecule has 0 aromatic rings. The lowest BCUT2D eigenvalue weighted by Crippen LogP contribution is -2.38. The first kappa shape index (κ1) is 30.0. The second-order valence-electron chi connectivity index (χ2n) is 8.30. The zero-order valence-corrected chi connectivity index (χ0v) is 21.5. The molecule has 1 unspecified atom stereocenters. The lowest BCUT2D eigenvalue weighted by Gasteiger charge is -2.21. The Morgan fingerprint density at radius 3 is 1.65 bits per heavy atom. The maximum absolute atomic E-state index is 13.1. The Morgan fingerprint density at radius 1 is 0.703 bits per heavy atom. The third kappa shape index (κ3) is 10.4. The van der Waals surface area contributed by atoms with Gasteiger partial charge >= 0.3 is 0 Å². The molecule has 0 aliphatic carbocycles.